The Morgan fingerprint density at radius 1 is 1.11 bits per heavy atom. The summed E-state index contributed by atoms with van der Waals surface area (Å²) < 4.78 is 16.0. The minimum absolute atomic E-state index is 0.0983. The van der Waals surface area contributed by atoms with Crippen molar-refractivity contribution in [2.75, 3.05) is 21.3 Å². The zero-order chi connectivity index (χ0) is 13.3. The molecule has 0 amide bonds. The standard InChI is InChI=1S/C14H18O4/c1-8(15)10-7-11(10)14-12(17-3)5-9(16-2)6-13(14)18-4/h5-6,10-11H,7H2,1-4H3/t10-,11-/m0/s1. The van der Waals surface area contributed by atoms with Crippen LogP contribution >= 0.6 is 0 Å². The van der Waals surface area contributed by atoms with Crippen LogP contribution in [-0.2, 0) is 4.79 Å². The number of ether oxygens (including phenoxy) is 3. The highest BCUT2D eigenvalue weighted by molar-refractivity contribution is 5.83. The molecule has 1 saturated carbocycles. The van der Waals surface area contributed by atoms with E-state index in [4.69, 9.17) is 14.2 Å². The monoisotopic (exact) mass is 250 g/mol. The van der Waals surface area contributed by atoms with Gasteiger partial charge in [-0.15, -0.1) is 0 Å². The minimum atomic E-state index is 0.0983. The van der Waals surface area contributed by atoms with E-state index in [1.165, 1.54) is 0 Å². The molecule has 18 heavy (non-hydrogen) atoms. The van der Waals surface area contributed by atoms with Gasteiger partial charge in [0.2, 0.25) is 0 Å². The predicted octanol–water partition coefficient (Wildman–Crippen LogP) is 2.40. The van der Waals surface area contributed by atoms with Crippen molar-refractivity contribution < 1.29 is 19.0 Å². The van der Waals surface area contributed by atoms with Crippen LogP contribution in [0.15, 0.2) is 12.1 Å². The summed E-state index contributed by atoms with van der Waals surface area (Å²) in [6.45, 7) is 1.63. The molecule has 4 nitrogen and oxygen atoms in total. The number of carbonyl (C=O) groups excluding carboxylic acids is 1. The van der Waals surface area contributed by atoms with Crippen molar-refractivity contribution >= 4 is 5.78 Å². The normalized spacial score (nSPS) is 21.3. The molecule has 1 aliphatic carbocycles. The Kier molecular flexibility index (Phi) is 3.45. The van der Waals surface area contributed by atoms with Crippen LogP contribution in [-0.4, -0.2) is 27.1 Å². The number of ketones is 1. The molecule has 2 rings (SSSR count). The summed E-state index contributed by atoms with van der Waals surface area (Å²) in [5, 5.41) is 0. The van der Waals surface area contributed by atoms with E-state index < -0.39 is 0 Å². The van der Waals surface area contributed by atoms with Crippen LogP contribution in [0, 0.1) is 5.92 Å². The van der Waals surface area contributed by atoms with Crippen molar-refractivity contribution in [3.63, 3.8) is 0 Å². The van der Waals surface area contributed by atoms with Crippen LogP contribution in [0.2, 0.25) is 0 Å². The first-order chi connectivity index (χ1) is 8.62. The van der Waals surface area contributed by atoms with E-state index in [9.17, 15) is 4.79 Å². The summed E-state index contributed by atoms with van der Waals surface area (Å²) in [5.41, 5.74) is 0.973. The Morgan fingerprint density at radius 3 is 2.00 bits per heavy atom. The van der Waals surface area contributed by atoms with Crippen molar-refractivity contribution in [2.24, 2.45) is 5.92 Å². The van der Waals surface area contributed by atoms with Crippen LogP contribution in [0.1, 0.15) is 24.8 Å². The molecule has 0 bridgehead atoms. The van der Waals surface area contributed by atoms with Crippen LogP contribution < -0.4 is 14.2 Å². The van der Waals surface area contributed by atoms with E-state index in [-0.39, 0.29) is 17.6 Å². The molecule has 0 aliphatic heterocycles. The number of benzene rings is 1. The first-order valence-electron chi connectivity index (χ1n) is 5.92. The third-order valence-corrected chi connectivity index (χ3v) is 3.44. The molecule has 0 aromatic heterocycles. The van der Waals surface area contributed by atoms with Gasteiger partial charge in [-0.2, -0.15) is 0 Å². The molecule has 98 valence electrons. The first-order valence-corrected chi connectivity index (χ1v) is 5.92. The fourth-order valence-corrected chi connectivity index (χ4v) is 2.36. The Labute approximate surface area is 107 Å². The molecule has 0 N–H and O–H groups in total. The maximum atomic E-state index is 11.4. The molecule has 2 atom stereocenters. The molecule has 4 heteroatoms. The van der Waals surface area contributed by atoms with Gasteiger partial charge >= 0.3 is 0 Å². The Morgan fingerprint density at radius 2 is 1.67 bits per heavy atom. The molecule has 1 fully saturated rings. The van der Waals surface area contributed by atoms with Gasteiger partial charge in [-0.05, 0) is 13.3 Å². The van der Waals surface area contributed by atoms with E-state index in [1.54, 1.807) is 28.3 Å². The third-order valence-electron chi connectivity index (χ3n) is 3.44. The first kappa shape index (κ1) is 12.7. The average molecular weight is 250 g/mol. The summed E-state index contributed by atoms with van der Waals surface area (Å²) in [7, 11) is 4.83. The van der Waals surface area contributed by atoms with E-state index in [0.717, 1.165) is 23.5 Å². The van der Waals surface area contributed by atoms with Crippen LogP contribution in [0.3, 0.4) is 0 Å². The summed E-state index contributed by atoms with van der Waals surface area (Å²) in [4.78, 5) is 11.4. The van der Waals surface area contributed by atoms with E-state index in [1.807, 2.05) is 12.1 Å². The number of hydrogen-bond acceptors (Lipinski definition) is 4. The second-order valence-electron chi connectivity index (χ2n) is 4.50. The van der Waals surface area contributed by atoms with Crippen molar-refractivity contribution in [1.82, 2.24) is 0 Å². The largest absolute Gasteiger partial charge is 0.496 e. The lowest BCUT2D eigenvalue weighted by molar-refractivity contribution is -0.118. The Bertz CT molecular complexity index is 442. The number of carbonyl (C=O) groups is 1. The van der Waals surface area contributed by atoms with Gasteiger partial charge in [0.15, 0.2) is 0 Å². The van der Waals surface area contributed by atoms with Crippen LogP contribution in [0.5, 0.6) is 17.2 Å². The lowest BCUT2D eigenvalue weighted by atomic mass is 10.0. The van der Waals surface area contributed by atoms with Gasteiger partial charge in [0.25, 0.3) is 0 Å². The number of rotatable bonds is 5. The van der Waals surface area contributed by atoms with Gasteiger partial charge in [-0.25, -0.2) is 0 Å². The van der Waals surface area contributed by atoms with Crippen molar-refractivity contribution in [3.05, 3.63) is 17.7 Å². The molecule has 0 saturated heterocycles. The fraction of sp³-hybridized carbons (Fsp3) is 0.500. The number of methoxy groups -OCH3 is 3. The third kappa shape index (κ3) is 2.15. The molecular weight excluding hydrogens is 232 g/mol. The maximum absolute atomic E-state index is 11.4. The molecule has 1 aliphatic rings. The molecule has 0 unspecified atom stereocenters. The zero-order valence-electron chi connectivity index (χ0n) is 11.1. The van der Waals surface area contributed by atoms with E-state index in [0.29, 0.717) is 5.75 Å². The predicted molar refractivity (Wildman–Crippen MR) is 67.6 cm³/mol. The molecule has 0 heterocycles. The van der Waals surface area contributed by atoms with Gasteiger partial charge in [0, 0.05) is 29.5 Å². The second kappa shape index (κ2) is 4.88. The quantitative estimate of drug-likeness (QED) is 0.805. The molecular formula is C14H18O4. The molecule has 1 aromatic rings. The van der Waals surface area contributed by atoms with Crippen molar-refractivity contribution in [3.8, 4) is 17.2 Å². The smallest absolute Gasteiger partial charge is 0.133 e. The van der Waals surface area contributed by atoms with E-state index in [2.05, 4.69) is 0 Å². The van der Waals surface area contributed by atoms with Crippen molar-refractivity contribution in [1.29, 1.82) is 0 Å². The van der Waals surface area contributed by atoms with Gasteiger partial charge in [-0.1, -0.05) is 0 Å². The topological polar surface area (TPSA) is 44.8 Å². The van der Waals surface area contributed by atoms with Gasteiger partial charge in [0.05, 0.1) is 21.3 Å². The lowest BCUT2D eigenvalue weighted by Gasteiger charge is -2.14. The second-order valence-corrected chi connectivity index (χ2v) is 4.50. The highest BCUT2D eigenvalue weighted by atomic mass is 16.5. The van der Waals surface area contributed by atoms with Crippen LogP contribution in [0.25, 0.3) is 0 Å². The average Bonchev–Trinajstić information content (AvgIpc) is 3.17. The summed E-state index contributed by atoms with van der Waals surface area (Å²) in [5.74, 6) is 2.66. The lowest BCUT2D eigenvalue weighted by Crippen LogP contribution is -2.00. The van der Waals surface area contributed by atoms with Crippen molar-refractivity contribution in [2.45, 2.75) is 19.3 Å². The highest BCUT2D eigenvalue weighted by Crippen LogP contribution is 2.54. The Balaban J connectivity index is 2.42. The SMILES string of the molecule is COc1cc(OC)c([C@H]2C[C@H]2C(C)=O)c(OC)c1. The number of hydrogen-bond donors (Lipinski definition) is 0. The summed E-state index contributed by atoms with van der Waals surface area (Å²) in [6, 6.07) is 3.65. The van der Waals surface area contributed by atoms with Gasteiger partial charge in [-0.3, -0.25) is 4.79 Å². The van der Waals surface area contributed by atoms with Gasteiger partial charge < -0.3 is 14.2 Å². The van der Waals surface area contributed by atoms with Gasteiger partial charge in [0.1, 0.15) is 23.0 Å². The minimum Gasteiger partial charge on any atom is -0.496 e. The fourth-order valence-electron chi connectivity index (χ4n) is 2.36. The zero-order valence-corrected chi connectivity index (χ0v) is 11.1. The molecule has 0 spiro atoms. The number of Topliss-reactive ketones (excluding diaryl/α,β-unsaturated/α-hetero) is 1. The summed E-state index contributed by atoms with van der Waals surface area (Å²) >= 11 is 0. The van der Waals surface area contributed by atoms with E-state index >= 15 is 0 Å². The van der Waals surface area contributed by atoms with Crippen LogP contribution in [0.4, 0.5) is 0 Å². The summed E-state index contributed by atoms with van der Waals surface area (Å²) in [6.07, 6.45) is 0.869. The molecule has 1 aromatic carbocycles. The maximum Gasteiger partial charge on any atom is 0.133 e. The Hall–Kier alpha value is -1.71. The highest BCUT2D eigenvalue weighted by Gasteiger charge is 2.45. The molecule has 0 radical (unpaired) electrons.